The second kappa shape index (κ2) is 6.85. The molecule has 2 aromatic rings. The van der Waals surface area contributed by atoms with Crippen LogP contribution in [0.25, 0.3) is 0 Å². The van der Waals surface area contributed by atoms with Crippen molar-refractivity contribution < 1.29 is 14.5 Å². The third kappa shape index (κ3) is 4.28. The second-order valence-corrected chi connectivity index (χ2v) is 5.32. The molecule has 1 aromatic heterocycles. The van der Waals surface area contributed by atoms with E-state index in [4.69, 9.17) is 4.74 Å². The quantitative estimate of drug-likeness (QED) is 0.657. The number of hydrogen-bond donors (Lipinski definition) is 1. The second-order valence-electron chi connectivity index (χ2n) is 4.34. The lowest BCUT2D eigenvalue weighted by atomic mass is 10.3. The first kappa shape index (κ1) is 15.0. The van der Waals surface area contributed by atoms with Gasteiger partial charge in [-0.2, -0.15) is 0 Å². The van der Waals surface area contributed by atoms with Crippen molar-refractivity contribution in [3.63, 3.8) is 0 Å². The van der Waals surface area contributed by atoms with Gasteiger partial charge in [0.25, 0.3) is 11.6 Å². The molecule has 6 nitrogen and oxygen atoms in total. The van der Waals surface area contributed by atoms with Crippen molar-refractivity contribution >= 4 is 22.9 Å². The van der Waals surface area contributed by atoms with E-state index in [1.165, 1.54) is 24.3 Å². The van der Waals surface area contributed by atoms with Gasteiger partial charge in [0.2, 0.25) is 0 Å². The van der Waals surface area contributed by atoms with E-state index in [0.717, 1.165) is 4.88 Å². The van der Waals surface area contributed by atoms with Crippen molar-refractivity contribution in [2.45, 2.75) is 13.0 Å². The van der Waals surface area contributed by atoms with Crippen LogP contribution in [0, 0.1) is 10.1 Å². The van der Waals surface area contributed by atoms with Gasteiger partial charge in [-0.1, -0.05) is 6.07 Å². The van der Waals surface area contributed by atoms with Crippen molar-refractivity contribution in [1.82, 2.24) is 5.32 Å². The fourth-order valence-electron chi connectivity index (χ4n) is 1.70. The number of carbonyl (C=O) groups excluding carboxylic acids is 1. The van der Waals surface area contributed by atoms with E-state index in [9.17, 15) is 14.9 Å². The van der Waals surface area contributed by atoms with Gasteiger partial charge in [-0.25, -0.2) is 0 Å². The van der Waals surface area contributed by atoms with Crippen LogP contribution in [0.5, 0.6) is 5.75 Å². The first-order chi connectivity index (χ1) is 10.1. The highest BCUT2D eigenvalue weighted by molar-refractivity contribution is 7.10. The molecule has 1 atom stereocenters. The highest BCUT2D eigenvalue weighted by Crippen LogP contribution is 2.19. The van der Waals surface area contributed by atoms with Gasteiger partial charge in [-0.3, -0.25) is 14.9 Å². The molecular formula is C14H14N2O4S. The largest absolute Gasteiger partial charge is 0.484 e. The monoisotopic (exact) mass is 306 g/mol. The number of nitrogens with one attached hydrogen (secondary N) is 1. The molecule has 0 bridgehead atoms. The van der Waals surface area contributed by atoms with Crippen LogP contribution < -0.4 is 10.1 Å². The lowest BCUT2D eigenvalue weighted by Gasteiger charge is -2.12. The molecule has 1 amide bonds. The predicted octanol–water partition coefficient (Wildman–Crippen LogP) is 2.91. The van der Waals surface area contributed by atoms with Gasteiger partial charge < -0.3 is 10.1 Å². The molecule has 2 rings (SSSR count). The molecule has 0 aliphatic carbocycles. The summed E-state index contributed by atoms with van der Waals surface area (Å²) in [5.74, 6) is 0.175. The molecule has 7 heteroatoms. The van der Waals surface area contributed by atoms with Crippen LogP contribution in [0.3, 0.4) is 0 Å². The van der Waals surface area contributed by atoms with Crippen LogP contribution in [-0.2, 0) is 4.79 Å². The Morgan fingerprint density at radius 3 is 2.67 bits per heavy atom. The van der Waals surface area contributed by atoms with E-state index in [0.29, 0.717) is 5.75 Å². The summed E-state index contributed by atoms with van der Waals surface area (Å²) < 4.78 is 5.29. The number of nitrogens with zero attached hydrogens (tertiary/aromatic N) is 1. The number of carbonyl (C=O) groups is 1. The molecule has 0 aliphatic heterocycles. The molecule has 110 valence electrons. The van der Waals surface area contributed by atoms with E-state index in [1.807, 2.05) is 24.4 Å². The molecule has 0 spiro atoms. The number of thiophene rings is 1. The Kier molecular flexibility index (Phi) is 4.89. The minimum Gasteiger partial charge on any atom is -0.484 e. The van der Waals surface area contributed by atoms with E-state index in [1.54, 1.807) is 11.3 Å². The molecule has 1 N–H and O–H groups in total. The molecule has 0 saturated heterocycles. The smallest absolute Gasteiger partial charge is 0.269 e. The van der Waals surface area contributed by atoms with Crippen molar-refractivity contribution in [3.05, 3.63) is 56.8 Å². The zero-order chi connectivity index (χ0) is 15.2. The van der Waals surface area contributed by atoms with Crippen LogP contribution in [-0.4, -0.2) is 17.4 Å². The van der Waals surface area contributed by atoms with E-state index in [-0.39, 0.29) is 24.2 Å². The summed E-state index contributed by atoms with van der Waals surface area (Å²) in [6.07, 6.45) is 0. The maximum Gasteiger partial charge on any atom is 0.269 e. The van der Waals surface area contributed by atoms with E-state index >= 15 is 0 Å². The zero-order valence-electron chi connectivity index (χ0n) is 11.3. The Labute approximate surface area is 125 Å². The van der Waals surface area contributed by atoms with Gasteiger partial charge in [0.15, 0.2) is 6.61 Å². The Balaban J connectivity index is 1.82. The van der Waals surface area contributed by atoms with Crippen LogP contribution in [0.1, 0.15) is 17.8 Å². The molecule has 1 unspecified atom stereocenters. The van der Waals surface area contributed by atoms with Crippen LogP contribution in [0.2, 0.25) is 0 Å². The van der Waals surface area contributed by atoms with Gasteiger partial charge in [0.05, 0.1) is 11.0 Å². The lowest BCUT2D eigenvalue weighted by molar-refractivity contribution is -0.384. The maximum absolute atomic E-state index is 11.8. The molecule has 0 radical (unpaired) electrons. The predicted molar refractivity (Wildman–Crippen MR) is 79.5 cm³/mol. The molecule has 1 aromatic carbocycles. The zero-order valence-corrected chi connectivity index (χ0v) is 12.1. The minimum absolute atomic E-state index is 0.0156. The summed E-state index contributed by atoms with van der Waals surface area (Å²) in [5, 5.41) is 15.3. The fourth-order valence-corrected chi connectivity index (χ4v) is 2.44. The number of hydrogen-bond acceptors (Lipinski definition) is 5. The fraction of sp³-hybridized carbons (Fsp3) is 0.214. The standard InChI is InChI=1S/C14H14N2O4S/c1-10(13-3-2-8-21-13)15-14(17)9-20-12-6-4-11(5-7-12)16(18)19/h2-8,10H,9H2,1H3,(H,15,17). The van der Waals surface area contributed by atoms with Gasteiger partial charge in [-0.05, 0) is 30.5 Å². The molecule has 1 heterocycles. The van der Waals surface area contributed by atoms with Gasteiger partial charge >= 0.3 is 0 Å². The highest BCUT2D eigenvalue weighted by Gasteiger charge is 2.11. The summed E-state index contributed by atoms with van der Waals surface area (Å²) >= 11 is 1.57. The molecule has 0 aliphatic rings. The Hall–Kier alpha value is -2.41. The number of benzene rings is 1. The Bertz CT molecular complexity index is 610. The number of amides is 1. The molecule has 21 heavy (non-hydrogen) atoms. The van der Waals surface area contributed by atoms with Gasteiger partial charge in [-0.15, -0.1) is 11.3 Å². The highest BCUT2D eigenvalue weighted by atomic mass is 32.1. The Morgan fingerprint density at radius 2 is 2.10 bits per heavy atom. The van der Waals surface area contributed by atoms with Crippen LogP contribution in [0.4, 0.5) is 5.69 Å². The Morgan fingerprint density at radius 1 is 1.38 bits per heavy atom. The minimum atomic E-state index is -0.487. The average Bonchev–Trinajstić information content (AvgIpc) is 3.00. The van der Waals surface area contributed by atoms with E-state index < -0.39 is 4.92 Å². The third-order valence-electron chi connectivity index (χ3n) is 2.76. The first-order valence-electron chi connectivity index (χ1n) is 6.26. The number of rotatable bonds is 6. The lowest BCUT2D eigenvalue weighted by Crippen LogP contribution is -2.30. The SMILES string of the molecule is CC(NC(=O)COc1ccc([N+](=O)[O-])cc1)c1cccs1. The van der Waals surface area contributed by atoms with Crippen molar-refractivity contribution in [2.75, 3.05) is 6.61 Å². The van der Waals surface area contributed by atoms with Crippen molar-refractivity contribution in [1.29, 1.82) is 0 Å². The molecule has 0 saturated carbocycles. The topological polar surface area (TPSA) is 81.5 Å². The van der Waals surface area contributed by atoms with Crippen molar-refractivity contribution in [2.24, 2.45) is 0 Å². The number of ether oxygens (including phenoxy) is 1. The summed E-state index contributed by atoms with van der Waals surface area (Å²) in [7, 11) is 0. The van der Waals surface area contributed by atoms with Crippen LogP contribution >= 0.6 is 11.3 Å². The van der Waals surface area contributed by atoms with Crippen LogP contribution in [0.15, 0.2) is 41.8 Å². The summed E-state index contributed by atoms with van der Waals surface area (Å²) in [5.41, 5.74) is -0.0156. The first-order valence-corrected chi connectivity index (χ1v) is 7.14. The normalized spacial score (nSPS) is 11.7. The molecule has 0 fully saturated rings. The van der Waals surface area contributed by atoms with Crippen molar-refractivity contribution in [3.8, 4) is 5.75 Å². The van der Waals surface area contributed by atoms with E-state index in [2.05, 4.69) is 5.32 Å². The van der Waals surface area contributed by atoms with Gasteiger partial charge in [0.1, 0.15) is 5.75 Å². The van der Waals surface area contributed by atoms with Gasteiger partial charge in [0, 0.05) is 17.0 Å². The number of nitro benzene ring substituents is 1. The number of non-ortho nitro benzene ring substituents is 1. The summed E-state index contributed by atoms with van der Waals surface area (Å²) in [6, 6.07) is 9.41. The summed E-state index contributed by atoms with van der Waals surface area (Å²) in [6.45, 7) is 1.77. The number of nitro groups is 1. The summed E-state index contributed by atoms with van der Waals surface area (Å²) in [4.78, 5) is 22.9. The average molecular weight is 306 g/mol. The molecular weight excluding hydrogens is 292 g/mol. The third-order valence-corrected chi connectivity index (χ3v) is 3.82. The maximum atomic E-state index is 11.8.